The highest BCUT2D eigenvalue weighted by molar-refractivity contribution is 5.55. The van der Waals surface area contributed by atoms with Gasteiger partial charge in [0.05, 0.1) is 0 Å². The van der Waals surface area contributed by atoms with Crippen molar-refractivity contribution in [3.8, 4) is 0 Å². The second kappa shape index (κ2) is 7.63. The van der Waals surface area contributed by atoms with Crippen LogP contribution in [-0.4, -0.2) is 19.6 Å². The van der Waals surface area contributed by atoms with Crippen LogP contribution in [0, 0.1) is 11.7 Å². The Morgan fingerprint density at radius 1 is 1.20 bits per heavy atom. The summed E-state index contributed by atoms with van der Waals surface area (Å²) in [5.74, 6) is 0.385. The summed E-state index contributed by atoms with van der Waals surface area (Å²) in [4.78, 5) is 2.25. The minimum Gasteiger partial charge on any atom is -0.371 e. The lowest BCUT2D eigenvalue weighted by Crippen LogP contribution is -2.34. The van der Waals surface area contributed by atoms with Gasteiger partial charge in [0.1, 0.15) is 5.82 Å². The van der Waals surface area contributed by atoms with E-state index in [0.717, 1.165) is 24.2 Å². The summed E-state index contributed by atoms with van der Waals surface area (Å²) in [6.45, 7) is 11.8. The van der Waals surface area contributed by atoms with Crippen molar-refractivity contribution in [2.24, 2.45) is 5.92 Å². The van der Waals surface area contributed by atoms with E-state index in [9.17, 15) is 4.39 Å². The van der Waals surface area contributed by atoms with Crippen LogP contribution in [0.5, 0.6) is 0 Å². The van der Waals surface area contributed by atoms with Gasteiger partial charge >= 0.3 is 0 Å². The van der Waals surface area contributed by atoms with Crippen LogP contribution in [-0.2, 0) is 0 Å². The number of rotatable bonds is 7. The molecule has 0 fully saturated rings. The Morgan fingerprint density at radius 3 is 2.40 bits per heavy atom. The SMILES string of the molecule is CCCNC(C)c1cc(F)ccc1N(C)C(C)C(C)C. The molecule has 0 heterocycles. The fourth-order valence-electron chi connectivity index (χ4n) is 2.33. The molecule has 2 atom stereocenters. The summed E-state index contributed by atoms with van der Waals surface area (Å²) in [6, 6.07) is 5.68. The monoisotopic (exact) mass is 280 g/mol. The first-order chi connectivity index (χ1) is 9.38. The Morgan fingerprint density at radius 2 is 1.85 bits per heavy atom. The van der Waals surface area contributed by atoms with Crippen molar-refractivity contribution in [3.63, 3.8) is 0 Å². The molecule has 0 aliphatic rings. The number of halogens is 1. The second-order valence-corrected chi connectivity index (χ2v) is 5.97. The van der Waals surface area contributed by atoms with Gasteiger partial charge in [-0.15, -0.1) is 0 Å². The Labute approximate surface area is 123 Å². The van der Waals surface area contributed by atoms with Crippen molar-refractivity contribution in [2.75, 3.05) is 18.5 Å². The van der Waals surface area contributed by atoms with Crippen LogP contribution in [0.25, 0.3) is 0 Å². The number of hydrogen-bond donors (Lipinski definition) is 1. The van der Waals surface area contributed by atoms with Crippen LogP contribution in [0.3, 0.4) is 0 Å². The van der Waals surface area contributed by atoms with E-state index < -0.39 is 0 Å². The van der Waals surface area contributed by atoms with E-state index in [4.69, 9.17) is 0 Å². The van der Waals surface area contributed by atoms with E-state index in [1.54, 1.807) is 12.1 Å². The Balaban J connectivity index is 3.06. The van der Waals surface area contributed by atoms with Gasteiger partial charge in [-0.2, -0.15) is 0 Å². The van der Waals surface area contributed by atoms with Crippen LogP contribution >= 0.6 is 0 Å². The molecular formula is C17H29FN2. The minimum absolute atomic E-state index is 0.155. The summed E-state index contributed by atoms with van der Waals surface area (Å²) in [6.07, 6.45) is 1.08. The highest BCUT2D eigenvalue weighted by Crippen LogP contribution is 2.29. The van der Waals surface area contributed by atoms with Crippen molar-refractivity contribution >= 4 is 5.69 Å². The highest BCUT2D eigenvalue weighted by Gasteiger charge is 2.19. The fraction of sp³-hybridized carbons (Fsp3) is 0.647. The minimum atomic E-state index is -0.167. The summed E-state index contributed by atoms with van der Waals surface area (Å²) in [5, 5.41) is 3.45. The van der Waals surface area contributed by atoms with Crippen LogP contribution in [0.4, 0.5) is 10.1 Å². The zero-order chi connectivity index (χ0) is 15.3. The lowest BCUT2D eigenvalue weighted by atomic mass is 10.0. The van der Waals surface area contributed by atoms with Gasteiger partial charge in [0.2, 0.25) is 0 Å². The zero-order valence-corrected chi connectivity index (χ0v) is 13.7. The van der Waals surface area contributed by atoms with E-state index in [-0.39, 0.29) is 11.9 Å². The van der Waals surface area contributed by atoms with Crippen LogP contribution < -0.4 is 10.2 Å². The van der Waals surface area contributed by atoms with Crippen LogP contribution in [0.15, 0.2) is 18.2 Å². The molecule has 0 aromatic heterocycles. The summed E-state index contributed by atoms with van der Waals surface area (Å²) in [7, 11) is 2.09. The van der Waals surface area contributed by atoms with Crippen molar-refractivity contribution in [3.05, 3.63) is 29.6 Å². The molecule has 0 radical (unpaired) electrons. The first-order valence-electron chi connectivity index (χ1n) is 7.64. The van der Waals surface area contributed by atoms with E-state index in [2.05, 4.69) is 51.9 Å². The molecule has 0 bridgehead atoms. The average molecular weight is 280 g/mol. The molecule has 2 nitrogen and oxygen atoms in total. The van der Waals surface area contributed by atoms with Gasteiger partial charge < -0.3 is 10.2 Å². The summed E-state index contributed by atoms with van der Waals surface area (Å²) < 4.78 is 13.6. The lowest BCUT2D eigenvalue weighted by molar-refractivity contribution is 0.500. The number of nitrogens with zero attached hydrogens (tertiary/aromatic N) is 1. The molecular weight excluding hydrogens is 251 g/mol. The first kappa shape index (κ1) is 17.0. The lowest BCUT2D eigenvalue weighted by Gasteiger charge is -2.33. The quantitative estimate of drug-likeness (QED) is 0.798. The Bertz CT molecular complexity index is 417. The molecule has 0 aliphatic carbocycles. The molecule has 0 aliphatic heterocycles. The summed E-state index contributed by atoms with van der Waals surface area (Å²) in [5.41, 5.74) is 2.15. The van der Waals surface area contributed by atoms with Gasteiger partial charge in [-0.3, -0.25) is 0 Å². The number of hydrogen-bond acceptors (Lipinski definition) is 2. The molecule has 2 unspecified atom stereocenters. The summed E-state index contributed by atoms with van der Waals surface area (Å²) >= 11 is 0. The van der Waals surface area contributed by atoms with Gasteiger partial charge in [-0.25, -0.2) is 4.39 Å². The maximum absolute atomic E-state index is 13.6. The maximum atomic E-state index is 13.6. The molecule has 3 heteroatoms. The zero-order valence-electron chi connectivity index (χ0n) is 13.7. The number of benzene rings is 1. The van der Waals surface area contributed by atoms with Crippen LogP contribution in [0.1, 0.15) is 52.6 Å². The number of anilines is 1. The van der Waals surface area contributed by atoms with E-state index in [1.807, 2.05) is 6.07 Å². The molecule has 1 N–H and O–H groups in total. The predicted octanol–water partition coefficient (Wildman–Crippen LogP) is 4.37. The second-order valence-electron chi connectivity index (χ2n) is 5.97. The molecule has 0 saturated carbocycles. The highest BCUT2D eigenvalue weighted by atomic mass is 19.1. The first-order valence-corrected chi connectivity index (χ1v) is 7.64. The van der Waals surface area contributed by atoms with Gasteiger partial charge in [-0.05, 0) is 56.5 Å². The molecule has 1 rings (SSSR count). The maximum Gasteiger partial charge on any atom is 0.123 e. The normalized spacial score (nSPS) is 14.4. The third-order valence-electron chi connectivity index (χ3n) is 4.11. The Kier molecular flexibility index (Phi) is 6.47. The molecule has 1 aromatic rings. The molecule has 0 spiro atoms. The van der Waals surface area contributed by atoms with Gasteiger partial charge in [0.15, 0.2) is 0 Å². The third-order valence-corrected chi connectivity index (χ3v) is 4.11. The van der Waals surface area contributed by atoms with Crippen LogP contribution in [0.2, 0.25) is 0 Å². The largest absolute Gasteiger partial charge is 0.371 e. The van der Waals surface area contributed by atoms with E-state index in [1.165, 1.54) is 0 Å². The van der Waals surface area contributed by atoms with Gasteiger partial charge in [-0.1, -0.05) is 20.8 Å². The van der Waals surface area contributed by atoms with Crippen molar-refractivity contribution in [1.29, 1.82) is 0 Å². The van der Waals surface area contributed by atoms with Gasteiger partial charge in [0, 0.05) is 24.8 Å². The topological polar surface area (TPSA) is 15.3 Å². The molecule has 1 aromatic carbocycles. The van der Waals surface area contributed by atoms with Gasteiger partial charge in [0.25, 0.3) is 0 Å². The van der Waals surface area contributed by atoms with E-state index in [0.29, 0.717) is 12.0 Å². The van der Waals surface area contributed by atoms with Crippen molar-refractivity contribution in [2.45, 2.75) is 53.1 Å². The molecule has 0 saturated heterocycles. The fourth-order valence-corrected chi connectivity index (χ4v) is 2.33. The van der Waals surface area contributed by atoms with Crippen molar-refractivity contribution in [1.82, 2.24) is 5.32 Å². The predicted molar refractivity (Wildman–Crippen MR) is 85.8 cm³/mol. The Hall–Kier alpha value is -1.09. The van der Waals surface area contributed by atoms with Crippen molar-refractivity contribution < 1.29 is 4.39 Å². The molecule has 114 valence electrons. The molecule has 0 amide bonds. The van der Waals surface area contributed by atoms with E-state index >= 15 is 0 Å². The average Bonchev–Trinajstić information content (AvgIpc) is 2.42. The number of nitrogens with one attached hydrogen (secondary N) is 1. The smallest absolute Gasteiger partial charge is 0.123 e. The molecule has 20 heavy (non-hydrogen) atoms. The standard InChI is InChI=1S/C17H29FN2/c1-7-10-19-13(4)16-11-15(18)8-9-17(16)20(6)14(5)12(2)3/h8-9,11-14,19H,7,10H2,1-6H3. The third kappa shape index (κ3) is 4.20.